The van der Waals surface area contributed by atoms with Gasteiger partial charge in [-0.25, -0.2) is 0 Å². The van der Waals surface area contributed by atoms with E-state index in [4.69, 9.17) is 35.4 Å². The molecule has 0 bridgehead atoms. The zero-order chi connectivity index (χ0) is 15.4. The van der Waals surface area contributed by atoms with E-state index in [1.54, 1.807) is 6.07 Å². The van der Waals surface area contributed by atoms with Gasteiger partial charge >= 0.3 is 0 Å². The molecule has 0 heterocycles. The van der Waals surface area contributed by atoms with Gasteiger partial charge in [-0.1, -0.05) is 35.3 Å². The summed E-state index contributed by atoms with van der Waals surface area (Å²) >= 11 is 17.3. The van der Waals surface area contributed by atoms with Gasteiger partial charge < -0.3 is 10.6 Å². The lowest BCUT2D eigenvalue weighted by Crippen LogP contribution is -2.28. The maximum atomic E-state index is 6.12. The smallest absolute Gasteiger partial charge is 0.171 e. The topological polar surface area (TPSA) is 24.1 Å². The Hall–Kier alpha value is -1.29. The third-order valence-corrected chi connectivity index (χ3v) is 4.05. The van der Waals surface area contributed by atoms with Gasteiger partial charge in [0.05, 0.1) is 0 Å². The number of anilines is 1. The summed E-state index contributed by atoms with van der Waals surface area (Å²) in [6, 6.07) is 11.6. The maximum Gasteiger partial charge on any atom is 0.171 e. The van der Waals surface area contributed by atoms with Crippen LogP contribution in [0.25, 0.3) is 0 Å². The molecule has 0 unspecified atom stereocenters. The van der Waals surface area contributed by atoms with Gasteiger partial charge in [0.15, 0.2) is 5.11 Å². The van der Waals surface area contributed by atoms with E-state index in [1.165, 1.54) is 11.1 Å². The maximum absolute atomic E-state index is 6.12. The van der Waals surface area contributed by atoms with Gasteiger partial charge in [-0.15, -0.1) is 0 Å². The number of benzene rings is 2. The van der Waals surface area contributed by atoms with Crippen molar-refractivity contribution in [3.8, 4) is 0 Å². The molecule has 2 aromatic carbocycles. The van der Waals surface area contributed by atoms with Crippen LogP contribution in [0, 0.1) is 13.8 Å². The molecule has 2 aromatic rings. The second kappa shape index (κ2) is 7.12. The Kier molecular flexibility index (Phi) is 5.45. The summed E-state index contributed by atoms with van der Waals surface area (Å²) in [6.07, 6.45) is 0. The molecule has 2 nitrogen and oxygen atoms in total. The van der Waals surface area contributed by atoms with E-state index >= 15 is 0 Å². The fraction of sp³-hybridized carbons (Fsp3) is 0.188. The number of hydrogen-bond donors (Lipinski definition) is 2. The summed E-state index contributed by atoms with van der Waals surface area (Å²) in [7, 11) is 0. The minimum absolute atomic E-state index is 0.548. The quantitative estimate of drug-likeness (QED) is 0.761. The molecule has 2 N–H and O–H groups in total. The molecule has 0 spiro atoms. The van der Waals surface area contributed by atoms with Crippen LogP contribution in [0.5, 0.6) is 0 Å². The van der Waals surface area contributed by atoms with Crippen molar-refractivity contribution in [3.05, 3.63) is 63.1 Å². The molecule has 0 aliphatic heterocycles. The van der Waals surface area contributed by atoms with Crippen LogP contribution in [-0.4, -0.2) is 5.11 Å². The van der Waals surface area contributed by atoms with Crippen LogP contribution >= 0.6 is 35.4 Å². The zero-order valence-electron chi connectivity index (χ0n) is 11.8. The van der Waals surface area contributed by atoms with Crippen molar-refractivity contribution in [2.45, 2.75) is 20.4 Å². The largest absolute Gasteiger partial charge is 0.358 e. The molecule has 0 aliphatic rings. The third kappa shape index (κ3) is 4.60. The summed E-state index contributed by atoms with van der Waals surface area (Å²) in [5.74, 6) is 0. The predicted molar refractivity (Wildman–Crippen MR) is 95.4 cm³/mol. The Morgan fingerprint density at radius 1 is 1.05 bits per heavy atom. The average Bonchev–Trinajstić information content (AvgIpc) is 2.42. The Bertz CT molecular complexity index is 671. The highest BCUT2D eigenvalue weighted by Crippen LogP contribution is 2.20. The van der Waals surface area contributed by atoms with Crippen LogP contribution in [0.2, 0.25) is 10.0 Å². The molecule has 0 aliphatic carbocycles. The molecule has 0 radical (unpaired) electrons. The Balaban J connectivity index is 1.94. The predicted octanol–water partition coefficient (Wildman–Crippen LogP) is 5.10. The van der Waals surface area contributed by atoms with Crippen molar-refractivity contribution in [1.29, 1.82) is 0 Å². The molecule has 5 heteroatoms. The zero-order valence-corrected chi connectivity index (χ0v) is 14.2. The highest BCUT2D eigenvalue weighted by Gasteiger charge is 2.03. The van der Waals surface area contributed by atoms with E-state index in [1.807, 2.05) is 18.2 Å². The van der Waals surface area contributed by atoms with Crippen LogP contribution in [-0.2, 0) is 6.54 Å². The Morgan fingerprint density at radius 2 is 1.81 bits per heavy atom. The number of rotatable bonds is 3. The number of hydrogen-bond acceptors (Lipinski definition) is 1. The minimum Gasteiger partial charge on any atom is -0.358 e. The lowest BCUT2D eigenvalue weighted by molar-refractivity contribution is 0.926. The molecule has 0 saturated carbocycles. The molecule has 110 valence electrons. The molecule has 0 fully saturated rings. The molecule has 21 heavy (non-hydrogen) atoms. The van der Waals surface area contributed by atoms with Gasteiger partial charge in [0.2, 0.25) is 0 Å². The van der Waals surface area contributed by atoms with E-state index in [-0.39, 0.29) is 0 Å². The van der Waals surface area contributed by atoms with Crippen molar-refractivity contribution in [1.82, 2.24) is 5.32 Å². The van der Waals surface area contributed by atoms with Crippen molar-refractivity contribution in [2.75, 3.05) is 5.32 Å². The molecular formula is C16H16Cl2N2S. The van der Waals surface area contributed by atoms with Crippen LogP contribution in [0.3, 0.4) is 0 Å². The SMILES string of the molecule is Cc1ccc(NC(=S)NCc2ccc(Cl)cc2Cl)cc1C. The first-order valence-corrected chi connectivity index (χ1v) is 7.68. The highest BCUT2D eigenvalue weighted by atomic mass is 35.5. The van der Waals surface area contributed by atoms with Crippen molar-refractivity contribution < 1.29 is 0 Å². The van der Waals surface area contributed by atoms with E-state index in [9.17, 15) is 0 Å². The van der Waals surface area contributed by atoms with E-state index < -0.39 is 0 Å². The summed E-state index contributed by atoms with van der Waals surface area (Å²) in [6.45, 7) is 4.70. The monoisotopic (exact) mass is 338 g/mol. The number of thiocarbonyl (C=S) groups is 1. The lowest BCUT2D eigenvalue weighted by Gasteiger charge is -2.12. The number of halogens is 2. The van der Waals surface area contributed by atoms with Crippen molar-refractivity contribution >= 4 is 46.2 Å². The first kappa shape index (κ1) is 16.1. The van der Waals surface area contributed by atoms with Crippen molar-refractivity contribution in [2.24, 2.45) is 0 Å². The molecule has 0 saturated heterocycles. The van der Waals surface area contributed by atoms with Crippen LogP contribution in [0.15, 0.2) is 36.4 Å². The lowest BCUT2D eigenvalue weighted by atomic mass is 10.1. The minimum atomic E-state index is 0.548. The van der Waals surface area contributed by atoms with Crippen LogP contribution < -0.4 is 10.6 Å². The van der Waals surface area contributed by atoms with Crippen LogP contribution in [0.4, 0.5) is 5.69 Å². The Labute approximate surface area is 140 Å². The van der Waals surface area contributed by atoms with Gasteiger partial charge in [0.25, 0.3) is 0 Å². The van der Waals surface area contributed by atoms with E-state index in [2.05, 4.69) is 36.6 Å². The summed E-state index contributed by atoms with van der Waals surface area (Å²) in [5, 5.41) is 8.11. The molecule has 2 rings (SSSR count). The molecule has 0 atom stereocenters. The van der Waals surface area contributed by atoms with Gasteiger partial charge in [0.1, 0.15) is 0 Å². The number of nitrogens with one attached hydrogen (secondary N) is 2. The summed E-state index contributed by atoms with van der Waals surface area (Å²) in [4.78, 5) is 0. The second-order valence-corrected chi connectivity index (χ2v) is 6.09. The first-order chi connectivity index (χ1) is 9.95. The van der Waals surface area contributed by atoms with Crippen molar-refractivity contribution in [3.63, 3.8) is 0 Å². The van der Waals surface area contributed by atoms with E-state index in [0.717, 1.165) is 11.3 Å². The fourth-order valence-corrected chi connectivity index (χ4v) is 2.50. The number of aryl methyl sites for hydroxylation is 2. The highest BCUT2D eigenvalue weighted by molar-refractivity contribution is 7.80. The second-order valence-electron chi connectivity index (χ2n) is 4.84. The summed E-state index contributed by atoms with van der Waals surface area (Å²) < 4.78 is 0. The Morgan fingerprint density at radius 3 is 2.48 bits per heavy atom. The van der Waals surface area contributed by atoms with Gasteiger partial charge in [-0.3, -0.25) is 0 Å². The molecule has 0 aromatic heterocycles. The van der Waals surface area contributed by atoms with Gasteiger partial charge in [0, 0.05) is 22.3 Å². The van der Waals surface area contributed by atoms with E-state index in [0.29, 0.717) is 21.7 Å². The van der Waals surface area contributed by atoms with Gasteiger partial charge in [-0.05, 0) is 67.0 Å². The molecular weight excluding hydrogens is 323 g/mol. The average molecular weight is 339 g/mol. The first-order valence-electron chi connectivity index (χ1n) is 6.52. The molecule has 0 amide bonds. The van der Waals surface area contributed by atoms with Crippen LogP contribution in [0.1, 0.15) is 16.7 Å². The summed E-state index contributed by atoms with van der Waals surface area (Å²) in [5.41, 5.74) is 4.40. The standard InChI is InChI=1S/C16H16Cl2N2S/c1-10-3-6-14(7-11(10)2)20-16(21)19-9-12-4-5-13(17)8-15(12)18/h3-8H,9H2,1-2H3,(H2,19,20,21). The normalized spacial score (nSPS) is 10.3. The third-order valence-electron chi connectivity index (χ3n) is 3.22. The fourth-order valence-electron chi connectivity index (χ4n) is 1.84. The van der Waals surface area contributed by atoms with Gasteiger partial charge in [-0.2, -0.15) is 0 Å².